The summed E-state index contributed by atoms with van der Waals surface area (Å²) in [4.78, 5) is 23.6. The van der Waals surface area contributed by atoms with Crippen LogP contribution in [0.1, 0.15) is 18.4 Å². The lowest BCUT2D eigenvalue weighted by Crippen LogP contribution is -2.43. The number of hydrogen-bond donors (Lipinski definition) is 1. The van der Waals surface area contributed by atoms with Crippen molar-refractivity contribution >= 4 is 11.9 Å². The summed E-state index contributed by atoms with van der Waals surface area (Å²) in [6.45, 7) is 0. The Balaban J connectivity index is 2.05. The van der Waals surface area contributed by atoms with Crippen LogP contribution in [0.3, 0.4) is 0 Å². The van der Waals surface area contributed by atoms with Crippen molar-refractivity contribution in [3.63, 3.8) is 0 Å². The largest absolute Gasteiger partial charge is 0.497 e. The SMILES string of the molecule is COC(=O)[C@H](Cc1cccc(OC)c1)NC(=O)C1CC1. The van der Waals surface area contributed by atoms with Crippen LogP contribution in [0.15, 0.2) is 24.3 Å². The van der Waals surface area contributed by atoms with E-state index < -0.39 is 12.0 Å². The molecule has 1 atom stereocenters. The van der Waals surface area contributed by atoms with Gasteiger partial charge in [0.1, 0.15) is 11.8 Å². The molecule has 0 saturated heterocycles. The molecule has 20 heavy (non-hydrogen) atoms. The number of ether oxygens (including phenoxy) is 2. The monoisotopic (exact) mass is 277 g/mol. The molecule has 1 saturated carbocycles. The van der Waals surface area contributed by atoms with E-state index in [0.717, 1.165) is 24.2 Å². The van der Waals surface area contributed by atoms with Crippen LogP contribution in [0.2, 0.25) is 0 Å². The Kier molecular flexibility index (Phi) is 4.61. The van der Waals surface area contributed by atoms with Gasteiger partial charge in [-0.15, -0.1) is 0 Å². The van der Waals surface area contributed by atoms with Crippen molar-refractivity contribution in [3.8, 4) is 5.75 Å². The van der Waals surface area contributed by atoms with Gasteiger partial charge in [0.05, 0.1) is 14.2 Å². The van der Waals surface area contributed by atoms with Gasteiger partial charge in [0.15, 0.2) is 0 Å². The van der Waals surface area contributed by atoms with E-state index in [-0.39, 0.29) is 11.8 Å². The predicted molar refractivity (Wildman–Crippen MR) is 73.4 cm³/mol. The fourth-order valence-electron chi connectivity index (χ4n) is 2.01. The Hall–Kier alpha value is -2.04. The zero-order valence-corrected chi connectivity index (χ0v) is 11.7. The molecular weight excluding hydrogens is 258 g/mol. The van der Waals surface area contributed by atoms with Gasteiger partial charge in [-0.25, -0.2) is 4.79 Å². The predicted octanol–water partition coefficient (Wildman–Crippen LogP) is 1.31. The topological polar surface area (TPSA) is 64.6 Å². The van der Waals surface area contributed by atoms with Crippen LogP contribution >= 0.6 is 0 Å². The molecule has 5 heteroatoms. The first kappa shape index (κ1) is 14.4. The summed E-state index contributed by atoms with van der Waals surface area (Å²) in [5.41, 5.74) is 0.913. The van der Waals surface area contributed by atoms with E-state index >= 15 is 0 Å². The molecule has 1 fully saturated rings. The van der Waals surface area contributed by atoms with Gasteiger partial charge < -0.3 is 14.8 Å². The van der Waals surface area contributed by atoms with Crippen LogP contribution in [-0.2, 0) is 20.7 Å². The fraction of sp³-hybridized carbons (Fsp3) is 0.467. The van der Waals surface area contributed by atoms with E-state index in [2.05, 4.69) is 5.32 Å². The third-order valence-corrected chi connectivity index (χ3v) is 3.32. The number of benzene rings is 1. The molecule has 0 aromatic heterocycles. The molecule has 0 bridgehead atoms. The number of carbonyl (C=O) groups excluding carboxylic acids is 2. The molecule has 1 aromatic rings. The summed E-state index contributed by atoms with van der Waals surface area (Å²) in [5, 5.41) is 2.76. The summed E-state index contributed by atoms with van der Waals surface area (Å²) >= 11 is 0. The molecule has 1 aromatic carbocycles. The molecule has 1 aliphatic carbocycles. The van der Waals surface area contributed by atoms with Gasteiger partial charge >= 0.3 is 5.97 Å². The maximum atomic E-state index is 11.8. The molecule has 0 aliphatic heterocycles. The summed E-state index contributed by atoms with van der Waals surface area (Å²) < 4.78 is 9.91. The molecule has 2 rings (SSSR count). The second kappa shape index (κ2) is 6.41. The third kappa shape index (κ3) is 3.73. The Morgan fingerprint density at radius 1 is 1.35 bits per heavy atom. The first-order chi connectivity index (χ1) is 9.63. The van der Waals surface area contributed by atoms with Gasteiger partial charge in [-0.3, -0.25) is 4.79 Å². The van der Waals surface area contributed by atoms with Gasteiger partial charge in [-0.2, -0.15) is 0 Å². The van der Waals surface area contributed by atoms with E-state index in [1.165, 1.54) is 7.11 Å². The summed E-state index contributed by atoms with van der Waals surface area (Å²) in [6.07, 6.45) is 2.19. The Labute approximate surface area is 118 Å². The number of hydrogen-bond acceptors (Lipinski definition) is 4. The first-order valence-corrected chi connectivity index (χ1v) is 6.65. The number of esters is 1. The average molecular weight is 277 g/mol. The minimum atomic E-state index is -0.653. The van der Waals surface area contributed by atoms with Crippen LogP contribution in [0, 0.1) is 5.92 Å². The fourth-order valence-corrected chi connectivity index (χ4v) is 2.01. The molecule has 1 amide bonds. The molecule has 0 unspecified atom stereocenters. The van der Waals surface area contributed by atoms with Gasteiger partial charge in [0, 0.05) is 12.3 Å². The quantitative estimate of drug-likeness (QED) is 0.796. The van der Waals surface area contributed by atoms with Crippen LogP contribution in [0.5, 0.6) is 5.75 Å². The van der Waals surface area contributed by atoms with Gasteiger partial charge in [-0.05, 0) is 30.5 Å². The molecule has 0 spiro atoms. The molecule has 5 nitrogen and oxygen atoms in total. The van der Waals surface area contributed by atoms with E-state index in [0.29, 0.717) is 6.42 Å². The highest BCUT2D eigenvalue weighted by atomic mass is 16.5. The summed E-state index contributed by atoms with van der Waals surface area (Å²) in [7, 11) is 2.91. The second-order valence-corrected chi connectivity index (χ2v) is 4.91. The van der Waals surface area contributed by atoms with Gasteiger partial charge in [0.2, 0.25) is 5.91 Å². The van der Waals surface area contributed by atoms with E-state index in [1.54, 1.807) is 7.11 Å². The van der Waals surface area contributed by atoms with Crippen molar-refractivity contribution in [2.75, 3.05) is 14.2 Å². The second-order valence-electron chi connectivity index (χ2n) is 4.91. The average Bonchev–Trinajstić information content (AvgIpc) is 3.30. The Bertz CT molecular complexity index is 496. The standard InChI is InChI=1S/C15H19NO4/c1-19-12-5-3-4-10(8-12)9-13(15(18)20-2)16-14(17)11-6-7-11/h3-5,8,11,13H,6-7,9H2,1-2H3,(H,16,17)/t13-/m0/s1. The third-order valence-electron chi connectivity index (χ3n) is 3.32. The maximum Gasteiger partial charge on any atom is 0.328 e. The molecule has 0 radical (unpaired) electrons. The van der Waals surface area contributed by atoms with Crippen LogP contribution < -0.4 is 10.1 Å². The lowest BCUT2D eigenvalue weighted by Gasteiger charge is -2.16. The van der Waals surface area contributed by atoms with E-state index in [9.17, 15) is 9.59 Å². The zero-order chi connectivity index (χ0) is 14.5. The number of nitrogens with one attached hydrogen (secondary N) is 1. The summed E-state index contributed by atoms with van der Waals surface area (Å²) in [5.74, 6) is 0.289. The number of carbonyl (C=O) groups is 2. The molecule has 1 N–H and O–H groups in total. The molecule has 1 aliphatic rings. The van der Waals surface area contributed by atoms with Crippen LogP contribution in [0.25, 0.3) is 0 Å². The van der Waals surface area contributed by atoms with Gasteiger partial charge in [-0.1, -0.05) is 12.1 Å². The normalized spacial score (nSPS) is 15.3. The van der Waals surface area contributed by atoms with Crippen molar-refractivity contribution < 1.29 is 19.1 Å². The van der Waals surface area contributed by atoms with Crippen molar-refractivity contribution in [1.82, 2.24) is 5.32 Å². The van der Waals surface area contributed by atoms with Crippen LogP contribution in [-0.4, -0.2) is 32.1 Å². The molecule has 0 heterocycles. The minimum absolute atomic E-state index is 0.0625. The van der Waals surface area contributed by atoms with Crippen LogP contribution in [0.4, 0.5) is 0 Å². The highest BCUT2D eigenvalue weighted by Gasteiger charge is 2.32. The van der Waals surface area contributed by atoms with Crippen molar-refractivity contribution in [2.24, 2.45) is 5.92 Å². The van der Waals surface area contributed by atoms with E-state index in [1.807, 2.05) is 24.3 Å². The van der Waals surface area contributed by atoms with Crippen molar-refractivity contribution in [2.45, 2.75) is 25.3 Å². The lowest BCUT2D eigenvalue weighted by molar-refractivity contribution is -0.145. The van der Waals surface area contributed by atoms with Crippen molar-refractivity contribution in [1.29, 1.82) is 0 Å². The maximum absolute atomic E-state index is 11.8. The number of rotatable bonds is 6. The molecule has 108 valence electrons. The first-order valence-electron chi connectivity index (χ1n) is 6.65. The Morgan fingerprint density at radius 2 is 2.10 bits per heavy atom. The number of methoxy groups -OCH3 is 2. The highest BCUT2D eigenvalue weighted by molar-refractivity contribution is 5.87. The van der Waals surface area contributed by atoms with Gasteiger partial charge in [0.25, 0.3) is 0 Å². The van der Waals surface area contributed by atoms with Crippen molar-refractivity contribution in [3.05, 3.63) is 29.8 Å². The lowest BCUT2D eigenvalue weighted by atomic mass is 10.1. The highest BCUT2D eigenvalue weighted by Crippen LogP contribution is 2.29. The smallest absolute Gasteiger partial charge is 0.328 e. The molecular formula is C15H19NO4. The number of amides is 1. The van der Waals surface area contributed by atoms with E-state index in [4.69, 9.17) is 9.47 Å². The minimum Gasteiger partial charge on any atom is -0.497 e. The zero-order valence-electron chi connectivity index (χ0n) is 11.7. The summed E-state index contributed by atoms with van der Waals surface area (Å²) in [6, 6.07) is 6.77. The Morgan fingerprint density at radius 3 is 2.70 bits per heavy atom.